The van der Waals surface area contributed by atoms with Crippen LogP contribution in [0.1, 0.15) is 17.1 Å². The summed E-state index contributed by atoms with van der Waals surface area (Å²) < 4.78 is 28.7. The number of H-pyrrole nitrogens is 1. The van der Waals surface area contributed by atoms with E-state index < -0.39 is 10.0 Å². The molecule has 0 fully saturated rings. The molecule has 0 unspecified atom stereocenters. The van der Waals surface area contributed by atoms with E-state index in [1.54, 1.807) is 13.1 Å². The number of nitrogens with two attached hydrogens (primary N) is 1. The summed E-state index contributed by atoms with van der Waals surface area (Å²) in [6, 6.07) is 0. The van der Waals surface area contributed by atoms with Crippen molar-refractivity contribution in [2.45, 2.75) is 24.9 Å². The van der Waals surface area contributed by atoms with Gasteiger partial charge in [0, 0.05) is 50.2 Å². The Bertz CT molecular complexity index is 688. The van der Waals surface area contributed by atoms with Gasteiger partial charge in [0.05, 0.1) is 0 Å². The maximum atomic E-state index is 12.2. The summed E-state index contributed by atoms with van der Waals surface area (Å²) in [5.41, 5.74) is 6.73. The van der Waals surface area contributed by atoms with Crippen molar-refractivity contribution in [2.24, 2.45) is 12.8 Å². The Morgan fingerprint density at radius 1 is 1.50 bits per heavy atom. The van der Waals surface area contributed by atoms with E-state index in [0.717, 1.165) is 5.82 Å². The molecule has 0 aliphatic rings. The van der Waals surface area contributed by atoms with Crippen molar-refractivity contribution < 1.29 is 8.42 Å². The molecule has 4 N–H and O–H groups in total. The fourth-order valence-electron chi connectivity index (χ4n) is 1.90. The summed E-state index contributed by atoms with van der Waals surface area (Å²) in [7, 11) is -1.80. The number of rotatable bonds is 6. The van der Waals surface area contributed by atoms with Gasteiger partial charge in [-0.2, -0.15) is 5.10 Å². The summed E-state index contributed by atoms with van der Waals surface area (Å²) in [4.78, 5) is 4.13. The standard InChI is InChI=1S/C11H18N6O2S/c1-8-9(7-12)11(16-15-8)20(18,19)14-4-3-10-13-5-6-17(10)2/h5-6,14H,3-4,7,12H2,1-2H3,(H,15,16). The second-order valence-corrected chi connectivity index (χ2v) is 6.12. The molecule has 0 aliphatic heterocycles. The Hall–Kier alpha value is -1.71. The third-order valence-corrected chi connectivity index (χ3v) is 4.49. The molecule has 0 bridgehead atoms. The van der Waals surface area contributed by atoms with E-state index in [2.05, 4.69) is 19.9 Å². The van der Waals surface area contributed by atoms with Crippen molar-refractivity contribution in [1.29, 1.82) is 0 Å². The highest BCUT2D eigenvalue weighted by atomic mass is 32.2. The largest absolute Gasteiger partial charge is 0.338 e. The van der Waals surface area contributed by atoms with E-state index >= 15 is 0 Å². The average Bonchev–Trinajstić information content (AvgIpc) is 2.96. The van der Waals surface area contributed by atoms with Crippen LogP contribution in [0.15, 0.2) is 17.4 Å². The van der Waals surface area contributed by atoms with Gasteiger partial charge in [0.1, 0.15) is 5.82 Å². The van der Waals surface area contributed by atoms with Crippen molar-refractivity contribution in [2.75, 3.05) is 6.54 Å². The number of hydrogen-bond donors (Lipinski definition) is 3. The molecule has 9 heteroatoms. The van der Waals surface area contributed by atoms with E-state index in [4.69, 9.17) is 5.73 Å². The van der Waals surface area contributed by atoms with Gasteiger partial charge in [-0.05, 0) is 6.92 Å². The molecule has 0 radical (unpaired) electrons. The van der Waals surface area contributed by atoms with Crippen LogP contribution in [0.3, 0.4) is 0 Å². The first-order chi connectivity index (χ1) is 9.45. The van der Waals surface area contributed by atoms with Gasteiger partial charge >= 0.3 is 0 Å². The van der Waals surface area contributed by atoms with Gasteiger partial charge < -0.3 is 10.3 Å². The fourth-order valence-corrected chi connectivity index (χ4v) is 3.13. The van der Waals surface area contributed by atoms with E-state index in [1.165, 1.54) is 0 Å². The smallest absolute Gasteiger partial charge is 0.260 e. The lowest BCUT2D eigenvalue weighted by atomic mass is 10.3. The normalized spacial score (nSPS) is 11.9. The topological polar surface area (TPSA) is 119 Å². The molecule has 2 heterocycles. The van der Waals surface area contributed by atoms with Gasteiger partial charge in [-0.15, -0.1) is 0 Å². The van der Waals surface area contributed by atoms with E-state index in [-0.39, 0.29) is 18.1 Å². The highest BCUT2D eigenvalue weighted by Crippen LogP contribution is 2.15. The van der Waals surface area contributed by atoms with Crippen LogP contribution in [-0.4, -0.2) is 34.7 Å². The molecular formula is C11H18N6O2S. The Morgan fingerprint density at radius 2 is 2.25 bits per heavy atom. The first kappa shape index (κ1) is 14.7. The number of nitrogens with zero attached hydrogens (tertiary/aromatic N) is 3. The maximum absolute atomic E-state index is 12.2. The summed E-state index contributed by atoms with van der Waals surface area (Å²) in [6.45, 7) is 2.11. The minimum Gasteiger partial charge on any atom is -0.338 e. The van der Waals surface area contributed by atoms with Crippen molar-refractivity contribution in [3.63, 3.8) is 0 Å². The van der Waals surface area contributed by atoms with E-state index in [1.807, 2.05) is 17.8 Å². The third-order valence-electron chi connectivity index (χ3n) is 3.06. The molecule has 0 aromatic carbocycles. The first-order valence-corrected chi connectivity index (χ1v) is 7.64. The van der Waals surface area contributed by atoms with Crippen LogP contribution < -0.4 is 10.5 Å². The zero-order chi connectivity index (χ0) is 14.8. The molecule has 110 valence electrons. The molecule has 20 heavy (non-hydrogen) atoms. The minimum absolute atomic E-state index is 0.0302. The predicted molar refractivity (Wildman–Crippen MR) is 73.3 cm³/mol. The van der Waals surface area contributed by atoms with Gasteiger partial charge in [-0.3, -0.25) is 5.10 Å². The van der Waals surface area contributed by atoms with Crippen LogP contribution in [0.25, 0.3) is 0 Å². The summed E-state index contributed by atoms with van der Waals surface area (Å²) in [5.74, 6) is 0.810. The lowest BCUT2D eigenvalue weighted by Gasteiger charge is -2.06. The lowest BCUT2D eigenvalue weighted by molar-refractivity contribution is 0.574. The lowest BCUT2D eigenvalue weighted by Crippen LogP contribution is -2.28. The van der Waals surface area contributed by atoms with Crippen LogP contribution >= 0.6 is 0 Å². The number of sulfonamides is 1. The van der Waals surface area contributed by atoms with E-state index in [0.29, 0.717) is 17.7 Å². The number of aryl methyl sites for hydroxylation is 2. The number of nitrogens with one attached hydrogen (secondary N) is 2. The molecule has 0 spiro atoms. The Morgan fingerprint density at radius 3 is 2.85 bits per heavy atom. The summed E-state index contributed by atoms with van der Waals surface area (Å²) in [6.07, 6.45) is 3.99. The van der Waals surface area contributed by atoms with Crippen LogP contribution in [0.2, 0.25) is 0 Å². The Kier molecular flexibility index (Phi) is 4.21. The highest BCUT2D eigenvalue weighted by Gasteiger charge is 2.22. The van der Waals surface area contributed by atoms with Crippen molar-refractivity contribution >= 4 is 10.0 Å². The Balaban J connectivity index is 2.06. The zero-order valence-electron chi connectivity index (χ0n) is 11.4. The first-order valence-electron chi connectivity index (χ1n) is 6.15. The molecule has 2 aromatic heterocycles. The van der Waals surface area contributed by atoms with Gasteiger partial charge in [0.25, 0.3) is 10.0 Å². The molecule has 0 aliphatic carbocycles. The summed E-state index contributed by atoms with van der Waals surface area (Å²) in [5, 5.41) is 6.43. The summed E-state index contributed by atoms with van der Waals surface area (Å²) >= 11 is 0. The molecule has 0 saturated carbocycles. The van der Waals surface area contributed by atoms with Crippen LogP contribution in [-0.2, 0) is 30.0 Å². The number of hydrogen-bond acceptors (Lipinski definition) is 5. The predicted octanol–water partition coefficient (Wildman–Crippen LogP) is -0.569. The van der Waals surface area contributed by atoms with Crippen LogP contribution in [0.4, 0.5) is 0 Å². The Labute approximate surface area is 117 Å². The van der Waals surface area contributed by atoms with Gasteiger partial charge in [0.2, 0.25) is 0 Å². The molecule has 0 saturated heterocycles. The van der Waals surface area contributed by atoms with Crippen molar-refractivity contribution in [3.05, 3.63) is 29.5 Å². The van der Waals surface area contributed by atoms with Gasteiger partial charge in [-0.25, -0.2) is 18.1 Å². The second kappa shape index (κ2) is 5.73. The maximum Gasteiger partial charge on any atom is 0.260 e. The van der Waals surface area contributed by atoms with Gasteiger partial charge in [-0.1, -0.05) is 0 Å². The average molecular weight is 298 g/mol. The SMILES string of the molecule is Cc1[nH]nc(S(=O)(=O)NCCc2nccn2C)c1CN. The van der Waals surface area contributed by atoms with Crippen LogP contribution in [0.5, 0.6) is 0 Å². The molecule has 8 nitrogen and oxygen atoms in total. The molecular weight excluding hydrogens is 280 g/mol. The zero-order valence-corrected chi connectivity index (χ0v) is 12.2. The minimum atomic E-state index is -3.66. The molecule has 0 atom stereocenters. The number of aromatic nitrogens is 4. The molecule has 0 amide bonds. The highest BCUT2D eigenvalue weighted by molar-refractivity contribution is 7.89. The monoisotopic (exact) mass is 298 g/mol. The quantitative estimate of drug-likeness (QED) is 0.660. The van der Waals surface area contributed by atoms with E-state index in [9.17, 15) is 8.42 Å². The molecule has 2 aromatic rings. The number of imidazole rings is 1. The fraction of sp³-hybridized carbons (Fsp3) is 0.455. The number of aromatic amines is 1. The van der Waals surface area contributed by atoms with Crippen LogP contribution in [0, 0.1) is 6.92 Å². The molecule has 2 rings (SSSR count). The van der Waals surface area contributed by atoms with Gasteiger partial charge in [0.15, 0.2) is 5.03 Å². The van der Waals surface area contributed by atoms with Crippen molar-refractivity contribution in [1.82, 2.24) is 24.5 Å². The third kappa shape index (κ3) is 2.89. The second-order valence-electron chi connectivity index (χ2n) is 4.44. The van der Waals surface area contributed by atoms with Crippen molar-refractivity contribution in [3.8, 4) is 0 Å².